The average molecular weight is 154 g/mol. The Bertz CT molecular complexity index is 219. The van der Waals surface area contributed by atoms with E-state index in [0.717, 1.165) is 0 Å². The Morgan fingerprint density at radius 3 is 2.45 bits per heavy atom. The van der Waals surface area contributed by atoms with E-state index in [1.54, 1.807) is 13.8 Å². The Balaban J connectivity index is 3.00. The van der Waals surface area contributed by atoms with E-state index in [0.29, 0.717) is 11.1 Å². The lowest BCUT2D eigenvalue weighted by molar-refractivity contribution is -0.118. The zero-order valence-electron chi connectivity index (χ0n) is 6.52. The third-order valence-electron chi connectivity index (χ3n) is 1.77. The number of Topliss-reactive ketones (excluding diaryl/α,β-unsaturated/α-hetero) is 1. The molecule has 1 aliphatic heterocycles. The molecule has 0 atom stereocenters. The van der Waals surface area contributed by atoms with Gasteiger partial charge in [-0.25, -0.2) is 5.43 Å². The molecule has 60 valence electrons. The van der Waals surface area contributed by atoms with Crippen LogP contribution >= 0.6 is 0 Å². The topological polar surface area (TPSA) is 58.2 Å². The summed E-state index contributed by atoms with van der Waals surface area (Å²) in [6.45, 7) is 3.47. The van der Waals surface area contributed by atoms with Crippen LogP contribution in [-0.2, 0) is 9.59 Å². The van der Waals surface area contributed by atoms with Crippen LogP contribution in [0.25, 0.3) is 0 Å². The molecule has 0 unspecified atom stereocenters. The van der Waals surface area contributed by atoms with Gasteiger partial charge in [0.05, 0.1) is 6.54 Å². The molecule has 11 heavy (non-hydrogen) atoms. The molecule has 0 aromatic heterocycles. The first kappa shape index (κ1) is 7.94. The number of nitrogens with one attached hydrogen (secondary N) is 2. The Hall–Kier alpha value is -1.16. The SMILES string of the molecule is CC1=C(C)C(=O)NNCC1=O. The summed E-state index contributed by atoms with van der Waals surface area (Å²) in [5.41, 5.74) is 5.93. The van der Waals surface area contributed by atoms with Crippen LogP contribution in [0.3, 0.4) is 0 Å². The molecule has 1 heterocycles. The minimum Gasteiger partial charge on any atom is -0.293 e. The summed E-state index contributed by atoms with van der Waals surface area (Å²) in [7, 11) is 0. The molecule has 1 aliphatic rings. The van der Waals surface area contributed by atoms with Crippen LogP contribution < -0.4 is 10.9 Å². The lowest BCUT2D eigenvalue weighted by Gasteiger charge is -1.99. The lowest BCUT2D eigenvalue weighted by Crippen LogP contribution is -2.37. The van der Waals surface area contributed by atoms with Crippen molar-refractivity contribution in [1.82, 2.24) is 10.9 Å². The molecule has 0 spiro atoms. The van der Waals surface area contributed by atoms with Crippen LogP contribution in [0.15, 0.2) is 11.1 Å². The molecule has 0 aliphatic carbocycles. The first-order chi connectivity index (χ1) is 5.13. The lowest BCUT2D eigenvalue weighted by atomic mass is 10.1. The van der Waals surface area contributed by atoms with Crippen molar-refractivity contribution in [1.29, 1.82) is 0 Å². The quantitative estimate of drug-likeness (QED) is 0.495. The number of hydrazine groups is 1. The summed E-state index contributed by atoms with van der Waals surface area (Å²) in [6.07, 6.45) is 0. The van der Waals surface area contributed by atoms with Crippen molar-refractivity contribution in [2.45, 2.75) is 13.8 Å². The fourth-order valence-corrected chi connectivity index (χ4v) is 0.811. The molecule has 0 radical (unpaired) electrons. The van der Waals surface area contributed by atoms with Gasteiger partial charge in [0, 0.05) is 11.1 Å². The Morgan fingerprint density at radius 2 is 1.82 bits per heavy atom. The standard InChI is InChI=1S/C7H10N2O2/c1-4-5(2)7(11)9-8-3-6(4)10/h8H,3H2,1-2H3,(H,9,11). The van der Waals surface area contributed by atoms with Gasteiger partial charge < -0.3 is 0 Å². The highest BCUT2D eigenvalue weighted by atomic mass is 16.2. The van der Waals surface area contributed by atoms with Gasteiger partial charge in [0.1, 0.15) is 0 Å². The molecule has 0 saturated heterocycles. The van der Waals surface area contributed by atoms with Crippen molar-refractivity contribution >= 4 is 11.7 Å². The summed E-state index contributed by atoms with van der Waals surface area (Å²) in [6, 6.07) is 0. The summed E-state index contributed by atoms with van der Waals surface area (Å²) in [4.78, 5) is 22.0. The van der Waals surface area contributed by atoms with E-state index in [1.165, 1.54) is 0 Å². The maximum Gasteiger partial charge on any atom is 0.261 e. The smallest absolute Gasteiger partial charge is 0.261 e. The van der Waals surface area contributed by atoms with Crippen LogP contribution in [0.4, 0.5) is 0 Å². The van der Waals surface area contributed by atoms with Gasteiger partial charge in [-0.05, 0) is 13.8 Å². The van der Waals surface area contributed by atoms with Gasteiger partial charge in [-0.2, -0.15) is 0 Å². The van der Waals surface area contributed by atoms with Gasteiger partial charge >= 0.3 is 0 Å². The average Bonchev–Trinajstić information content (AvgIpc) is 2.07. The first-order valence-electron chi connectivity index (χ1n) is 3.37. The minimum absolute atomic E-state index is 0.0409. The Morgan fingerprint density at radius 1 is 1.18 bits per heavy atom. The summed E-state index contributed by atoms with van der Waals surface area (Å²) >= 11 is 0. The Kier molecular flexibility index (Phi) is 2.05. The maximum absolute atomic E-state index is 11.1. The number of ketones is 1. The predicted molar refractivity (Wildman–Crippen MR) is 39.5 cm³/mol. The number of carbonyl (C=O) groups is 2. The number of amides is 1. The number of hydrogen-bond acceptors (Lipinski definition) is 3. The van der Waals surface area contributed by atoms with Crippen molar-refractivity contribution in [2.75, 3.05) is 6.54 Å². The molecule has 0 saturated carbocycles. The van der Waals surface area contributed by atoms with E-state index in [4.69, 9.17) is 0 Å². The van der Waals surface area contributed by atoms with E-state index >= 15 is 0 Å². The zero-order chi connectivity index (χ0) is 8.43. The van der Waals surface area contributed by atoms with Crippen LogP contribution in [0.5, 0.6) is 0 Å². The monoisotopic (exact) mass is 154 g/mol. The van der Waals surface area contributed by atoms with E-state index in [1.807, 2.05) is 0 Å². The zero-order valence-corrected chi connectivity index (χ0v) is 6.52. The number of rotatable bonds is 0. The molecule has 0 bridgehead atoms. The van der Waals surface area contributed by atoms with Gasteiger partial charge in [-0.1, -0.05) is 0 Å². The van der Waals surface area contributed by atoms with Gasteiger partial charge in [0.15, 0.2) is 5.78 Å². The summed E-state index contributed by atoms with van der Waals surface area (Å²) in [5, 5.41) is 0. The third-order valence-corrected chi connectivity index (χ3v) is 1.77. The maximum atomic E-state index is 11.1. The van der Waals surface area contributed by atoms with Crippen LogP contribution in [0.2, 0.25) is 0 Å². The van der Waals surface area contributed by atoms with E-state index in [9.17, 15) is 9.59 Å². The summed E-state index contributed by atoms with van der Waals surface area (Å²) in [5.74, 6) is -0.269. The molecule has 0 fully saturated rings. The molecule has 1 amide bonds. The van der Waals surface area contributed by atoms with E-state index < -0.39 is 0 Å². The van der Waals surface area contributed by atoms with Crippen molar-refractivity contribution in [3.63, 3.8) is 0 Å². The predicted octanol–water partition coefficient (Wildman–Crippen LogP) is -0.474. The van der Waals surface area contributed by atoms with Gasteiger partial charge in [0.2, 0.25) is 0 Å². The molecule has 4 heteroatoms. The molecular formula is C7H10N2O2. The van der Waals surface area contributed by atoms with Crippen molar-refractivity contribution in [3.05, 3.63) is 11.1 Å². The third kappa shape index (κ3) is 1.46. The van der Waals surface area contributed by atoms with Crippen LogP contribution in [0, 0.1) is 0 Å². The molecule has 0 aromatic carbocycles. The van der Waals surface area contributed by atoms with Gasteiger partial charge in [-0.15, -0.1) is 0 Å². The van der Waals surface area contributed by atoms with Crippen LogP contribution in [-0.4, -0.2) is 18.2 Å². The molecule has 1 rings (SSSR count). The number of carbonyl (C=O) groups excluding carboxylic acids is 2. The van der Waals surface area contributed by atoms with Crippen molar-refractivity contribution in [2.24, 2.45) is 0 Å². The fourth-order valence-electron chi connectivity index (χ4n) is 0.811. The highest BCUT2D eigenvalue weighted by molar-refractivity contribution is 6.06. The first-order valence-corrected chi connectivity index (χ1v) is 3.37. The second kappa shape index (κ2) is 2.84. The molecular weight excluding hydrogens is 144 g/mol. The van der Waals surface area contributed by atoms with Gasteiger partial charge in [-0.3, -0.25) is 15.0 Å². The normalized spacial score (nSPS) is 19.8. The van der Waals surface area contributed by atoms with Crippen molar-refractivity contribution < 1.29 is 9.59 Å². The van der Waals surface area contributed by atoms with E-state index in [2.05, 4.69) is 10.9 Å². The van der Waals surface area contributed by atoms with Crippen molar-refractivity contribution in [3.8, 4) is 0 Å². The molecule has 4 nitrogen and oxygen atoms in total. The minimum atomic E-state index is -0.228. The number of hydrogen-bond donors (Lipinski definition) is 2. The van der Waals surface area contributed by atoms with Crippen LogP contribution in [0.1, 0.15) is 13.8 Å². The summed E-state index contributed by atoms with van der Waals surface area (Å²) < 4.78 is 0. The second-order valence-electron chi connectivity index (χ2n) is 2.48. The fraction of sp³-hybridized carbons (Fsp3) is 0.429. The molecule has 2 N–H and O–H groups in total. The van der Waals surface area contributed by atoms with E-state index in [-0.39, 0.29) is 18.2 Å². The largest absolute Gasteiger partial charge is 0.293 e. The highest BCUT2D eigenvalue weighted by Crippen LogP contribution is 2.05. The molecule has 0 aromatic rings. The second-order valence-corrected chi connectivity index (χ2v) is 2.48. The highest BCUT2D eigenvalue weighted by Gasteiger charge is 2.16. The van der Waals surface area contributed by atoms with Gasteiger partial charge in [0.25, 0.3) is 5.91 Å². The Labute approximate surface area is 64.6 Å².